The number of benzene rings is 3. The van der Waals surface area contributed by atoms with Crippen molar-refractivity contribution in [2.45, 2.75) is 18.2 Å². The van der Waals surface area contributed by atoms with Gasteiger partial charge in [0.15, 0.2) is 0 Å². The van der Waals surface area contributed by atoms with Gasteiger partial charge in [-0.2, -0.15) is 0 Å². The van der Waals surface area contributed by atoms with E-state index >= 15 is 0 Å². The van der Waals surface area contributed by atoms with Crippen LogP contribution in [0.15, 0.2) is 94.7 Å². The second-order valence-electron chi connectivity index (χ2n) is 6.45. The molecule has 0 atom stereocenters. The van der Waals surface area contributed by atoms with Crippen LogP contribution in [0.2, 0.25) is 0 Å². The average molecular weight is 385 g/mol. The van der Waals surface area contributed by atoms with Gasteiger partial charge in [0.2, 0.25) is 0 Å². The molecule has 28 heavy (non-hydrogen) atoms. The lowest BCUT2D eigenvalue weighted by Gasteiger charge is -2.15. The molecular weight excluding hydrogens is 366 g/mol. The van der Waals surface area contributed by atoms with Gasteiger partial charge in [0.1, 0.15) is 0 Å². The summed E-state index contributed by atoms with van der Waals surface area (Å²) in [5.41, 5.74) is 2.98. The highest BCUT2D eigenvalue weighted by molar-refractivity contribution is 8.04. The topological polar surface area (TPSA) is 37.4 Å². The third kappa shape index (κ3) is 3.39. The van der Waals surface area contributed by atoms with Crippen molar-refractivity contribution in [1.29, 1.82) is 0 Å². The Balaban J connectivity index is 1.78. The first-order chi connectivity index (χ1) is 13.7. The van der Waals surface area contributed by atoms with Crippen molar-refractivity contribution in [2.75, 3.05) is 4.90 Å². The number of hydrogen-bond acceptors (Lipinski definition) is 3. The van der Waals surface area contributed by atoms with Gasteiger partial charge in [0.05, 0.1) is 16.2 Å². The van der Waals surface area contributed by atoms with E-state index < -0.39 is 0 Å². The maximum atomic E-state index is 13.3. The second kappa shape index (κ2) is 7.87. The lowest BCUT2D eigenvalue weighted by atomic mass is 10.1. The Morgan fingerprint density at radius 3 is 1.96 bits per heavy atom. The SMILES string of the molecule is CCc1ccc(N2C(=O)C(Sc3ccccc3)=C(c3ccccc3)C2=O)cc1. The molecule has 1 aliphatic heterocycles. The summed E-state index contributed by atoms with van der Waals surface area (Å²) in [5, 5.41) is 0. The molecule has 138 valence electrons. The lowest BCUT2D eigenvalue weighted by molar-refractivity contribution is -0.119. The first-order valence-corrected chi connectivity index (χ1v) is 10.0. The molecule has 0 N–H and O–H groups in total. The first-order valence-electron chi connectivity index (χ1n) is 9.19. The van der Waals surface area contributed by atoms with Crippen molar-refractivity contribution in [1.82, 2.24) is 0 Å². The minimum absolute atomic E-state index is 0.276. The maximum absolute atomic E-state index is 13.3. The monoisotopic (exact) mass is 385 g/mol. The second-order valence-corrected chi connectivity index (χ2v) is 7.53. The van der Waals surface area contributed by atoms with E-state index in [-0.39, 0.29) is 11.8 Å². The van der Waals surface area contributed by atoms with Gasteiger partial charge in [-0.3, -0.25) is 9.59 Å². The fourth-order valence-corrected chi connectivity index (χ4v) is 4.20. The Bertz CT molecular complexity index is 1040. The largest absolute Gasteiger partial charge is 0.272 e. The standard InChI is InChI=1S/C24H19NO2S/c1-2-17-13-15-19(16-14-17)25-23(26)21(18-9-5-3-6-10-18)22(24(25)27)28-20-11-7-4-8-12-20/h3-16H,2H2,1H3. The van der Waals surface area contributed by atoms with Crippen LogP contribution in [-0.2, 0) is 16.0 Å². The molecule has 3 aromatic carbocycles. The number of thioether (sulfide) groups is 1. The van der Waals surface area contributed by atoms with E-state index in [1.165, 1.54) is 16.7 Å². The molecule has 0 bridgehead atoms. The molecule has 1 aliphatic rings. The van der Waals surface area contributed by atoms with Crippen molar-refractivity contribution in [3.8, 4) is 0 Å². The molecule has 3 nitrogen and oxygen atoms in total. The zero-order valence-electron chi connectivity index (χ0n) is 15.5. The molecule has 0 saturated heterocycles. The van der Waals surface area contributed by atoms with Crippen molar-refractivity contribution < 1.29 is 9.59 Å². The predicted molar refractivity (Wildman–Crippen MR) is 114 cm³/mol. The molecule has 3 aromatic rings. The number of anilines is 1. The molecule has 4 heteroatoms. The summed E-state index contributed by atoms with van der Waals surface area (Å²) in [7, 11) is 0. The van der Waals surface area contributed by atoms with Crippen LogP contribution in [0.5, 0.6) is 0 Å². The summed E-state index contributed by atoms with van der Waals surface area (Å²) >= 11 is 1.34. The molecule has 0 fully saturated rings. The van der Waals surface area contributed by atoms with E-state index in [2.05, 4.69) is 6.92 Å². The number of hydrogen-bond donors (Lipinski definition) is 0. The minimum atomic E-state index is -0.279. The quantitative estimate of drug-likeness (QED) is 0.558. The number of nitrogens with zero attached hydrogens (tertiary/aromatic N) is 1. The normalized spacial score (nSPS) is 14.1. The lowest BCUT2D eigenvalue weighted by Crippen LogP contribution is -2.31. The number of imide groups is 1. The summed E-state index contributed by atoms with van der Waals surface area (Å²) in [6, 6.07) is 26.7. The van der Waals surface area contributed by atoms with Crippen LogP contribution in [0.3, 0.4) is 0 Å². The maximum Gasteiger partial charge on any atom is 0.272 e. The van der Waals surface area contributed by atoms with Crippen LogP contribution in [0, 0.1) is 0 Å². The first kappa shape index (κ1) is 18.3. The highest BCUT2D eigenvalue weighted by atomic mass is 32.2. The predicted octanol–water partition coefficient (Wildman–Crippen LogP) is 5.33. The number of carbonyl (C=O) groups is 2. The molecule has 4 rings (SSSR count). The Hall–Kier alpha value is -3.11. The molecule has 1 heterocycles. The highest BCUT2D eigenvalue weighted by Crippen LogP contribution is 2.41. The molecule has 0 spiro atoms. The summed E-state index contributed by atoms with van der Waals surface area (Å²) in [5.74, 6) is -0.555. The van der Waals surface area contributed by atoms with E-state index in [1.54, 1.807) is 0 Å². The van der Waals surface area contributed by atoms with Crippen LogP contribution in [-0.4, -0.2) is 11.8 Å². The van der Waals surface area contributed by atoms with Crippen LogP contribution in [0.4, 0.5) is 5.69 Å². The van der Waals surface area contributed by atoms with E-state index in [1.807, 2.05) is 84.9 Å². The summed E-state index contributed by atoms with van der Waals surface area (Å²) in [6.07, 6.45) is 0.908. The van der Waals surface area contributed by atoms with Crippen molar-refractivity contribution >= 4 is 34.8 Å². The zero-order valence-corrected chi connectivity index (χ0v) is 16.3. The molecule has 0 aliphatic carbocycles. The van der Waals surface area contributed by atoms with Crippen molar-refractivity contribution in [3.63, 3.8) is 0 Å². The smallest absolute Gasteiger partial charge is 0.268 e. The van der Waals surface area contributed by atoms with Crippen LogP contribution in [0.25, 0.3) is 5.57 Å². The van der Waals surface area contributed by atoms with Crippen LogP contribution in [0.1, 0.15) is 18.1 Å². The third-order valence-electron chi connectivity index (χ3n) is 4.67. The van der Waals surface area contributed by atoms with Gasteiger partial charge in [0, 0.05) is 4.90 Å². The van der Waals surface area contributed by atoms with Crippen molar-refractivity contribution in [2.24, 2.45) is 0 Å². The van der Waals surface area contributed by atoms with Gasteiger partial charge >= 0.3 is 0 Å². The highest BCUT2D eigenvalue weighted by Gasteiger charge is 2.40. The Morgan fingerprint density at radius 2 is 1.36 bits per heavy atom. The Morgan fingerprint density at radius 1 is 0.750 bits per heavy atom. The minimum Gasteiger partial charge on any atom is -0.268 e. The van der Waals surface area contributed by atoms with Gasteiger partial charge in [-0.05, 0) is 41.8 Å². The van der Waals surface area contributed by atoms with Crippen LogP contribution < -0.4 is 4.90 Å². The van der Waals surface area contributed by atoms with E-state index in [0.717, 1.165) is 22.4 Å². The molecule has 0 unspecified atom stereocenters. The zero-order chi connectivity index (χ0) is 19.5. The van der Waals surface area contributed by atoms with Gasteiger partial charge < -0.3 is 0 Å². The fraction of sp³-hybridized carbons (Fsp3) is 0.0833. The number of rotatable bonds is 5. The van der Waals surface area contributed by atoms with Gasteiger partial charge in [0.25, 0.3) is 11.8 Å². The summed E-state index contributed by atoms with van der Waals surface area (Å²) in [6.45, 7) is 2.07. The number of amides is 2. The average Bonchev–Trinajstić information content (AvgIpc) is 2.99. The van der Waals surface area contributed by atoms with E-state index in [4.69, 9.17) is 0 Å². The third-order valence-corrected chi connectivity index (χ3v) is 5.76. The Kier molecular flexibility index (Phi) is 5.13. The van der Waals surface area contributed by atoms with E-state index in [0.29, 0.717) is 16.2 Å². The molecule has 0 radical (unpaired) electrons. The summed E-state index contributed by atoms with van der Waals surface area (Å²) in [4.78, 5) is 29.3. The number of aryl methyl sites for hydroxylation is 1. The molecule has 2 amide bonds. The van der Waals surface area contributed by atoms with Gasteiger partial charge in [-0.15, -0.1) is 0 Å². The molecule has 0 saturated carbocycles. The van der Waals surface area contributed by atoms with Gasteiger partial charge in [-0.1, -0.05) is 79.3 Å². The molecular formula is C24H19NO2S. The molecule has 0 aromatic heterocycles. The van der Waals surface area contributed by atoms with Gasteiger partial charge in [-0.25, -0.2) is 4.90 Å². The Labute approximate surface area is 168 Å². The fourth-order valence-electron chi connectivity index (χ4n) is 3.19. The number of carbonyl (C=O) groups excluding carboxylic acids is 2. The van der Waals surface area contributed by atoms with Crippen molar-refractivity contribution in [3.05, 3.63) is 101 Å². The summed E-state index contributed by atoms with van der Waals surface area (Å²) < 4.78 is 0. The van der Waals surface area contributed by atoms with E-state index in [9.17, 15) is 9.59 Å². The van der Waals surface area contributed by atoms with Crippen LogP contribution >= 0.6 is 11.8 Å².